The molecular weight excluding hydrogens is 316 g/mol. The Balaban J connectivity index is 1.82. The van der Waals surface area contributed by atoms with Gasteiger partial charge >= 0.3 is 5.97 Å². The van der Waals surface area contributed by atoms with Crippen molar-refractivity contribution in [3.8, 4) is 0 Å². The third-order valence-electron chi connectivity index (χ3n) is 8.10. The van der Waals surface area contributed by atoms with Crippen molar-refractivity contribution in [3.05, 3.63) is 0 Å². The Morgan fingerprint density at radius 2 is 0.960 bits per heavy atom. The molecule has 4 saturated heterocycles. The Kier molecular flexibility index (Phi) is 3.67. The molecule has 0 aromatic heterocycles. The molecule has 0 saturated carbocycles. The average molecular weight is 351 g/mol. The van der Waals surface area contributed by atoms with Crippen molar-refractivity contribution in [2.75, 3.05) is 0 Å². The standard InChI is InChI=1S/C19H34N4O2/c1-9-10(2)20(9)17(21-11(3)12(21)4)19(18(24)25,22-13(5)14(22)6)23-15(7)16(23)8/h9-17H,1-8H3,(H,24,25). The summed E-state index contributed by atoms with van der Waals surface area (Å²) in [5, 5.41) is 10.6. The zero-order chi connectivity index (χ0) is 18.6. The molecule has 0 spiro atoms. The van der Waals surface area contributed by atoms with Gasteiger partial charge in [-0.3, -0.25) is 19.6 Å². The highest BCUT2D eigenvalue weighted by Crippen LogP contribution is 2.55. The topological polar surface area (TPSA) is 49.3 Å². The van der Waals surface area contributed by atoms with Crippen LogP contribution in [-0.4, -0.2) is 90.8 Å². The lowest BCUT2D eigenvalue weighted by molar-refractivity contribution is -0.167. The van der Waals surface area contributed by atoms with Gasteiger partial charge in [-0.1, -0.05) is 0 Å². The van der Waals surface area contributed by atoms with Gasteiger partial charge in [0.1, 0.15) is 6.17 Å². The van der Waals surface area contributed by atoms with Crippen LogP contribution in [0.25, 0.3) is 0 Å². The van der Waals surface area contributed by atoms with Crippen LogP contribution in [0.5, 0.6) is 0 Å². The number of carboxylic acid groups (broad SMARTS) is 1. The Morgan fingerprint density at radius 1 is 0.680 bits per heavy atom. The second-order valence-electron chi connectivity index (χ2n) is 9.04. The largest absolute Gasteiger partial charge is 0.479 e. The van der Waals surface area contributed by atoms with Gasteiger partial charge < -0.3 is 5.11 Å². The van der Waals surface area contributed by atoms with Gasteiger partial charge in [0.05, 0.1) is 0 Å². The minimum absolute atomic E-state index is 0.0835. The van der Waals surface area contributed by atoms with Crippen LogP contribution in [0.3, 0.4) is 0 Å². The zero-order valence-corrected chi connectivity index (χ0v) is 16.8. The van der Waals surface area contributed by atoms with Crippen LogP contribution < -0.4 is 0 Å². The first kappa shape index (κ1) is 17.7. The van der Waals surface area contributed by atoms with Crippen LogP contribution >= 0.6 is 0 Å². The van der Waals surface area contributed by atoms with E-state index in [0.29, 0.717) is 48.3 Å². The van der Waals surface area contributed by atoms with E-state index in [9.17, 15) is 9.90 Å². The normalized spacial score (nSPS) is 59.7. The molecule has 8 atom stereocenters. The summed E-state index contributed by atoms with van der Waals surface area (Å²) in [7, 11) is 0. The van der Waals surface area contributed by atoms with E-state index in [2.05, 4.69) is 75.0 Å². The second-order valence-corrected chi connectivity index (χ2v) is 9.04. The fourth-order valence-corrected chi connectivity index (χ4v) is 5.50. The maximum Gasteiger partial charge on any atom is 0.342 e. The van der Waals surface area contributed by atoms with E-state index < -0.39 is 11.6 Å². The number of carbonyl (C=O) groups is 1. The minimum Gasteiger partial charge on any atom is -0.479 e. The Hall–Kier alpha value is -0.690. The third-order valence-corrected chi connectivity index (χ3v) is 8.10. The monoisotopic (exact) mass is 350 g/mol. The molecule has 0 aliphatic carbocycles. The molecule has 0 radical (unpaired) electrons. The summed E-state index contributed by atoms with van der Waals surface area (Å²) in [4.78, 5) is 22.3. The summed E-state index contributed by atoms with van der Waals surface area (Å²) < 4.78 is 0. The van der Waals surface area contributed by atoms with E-state index in [1.807, 2.05) is 0 Å². The lowest BCUT2D eigenvalue weighted by atomic mass is 10.0. The molecule has 0 bridgehead atoms. The maximum absolute atomic E-state index is 13.0. The Labute approximate surface area is 151 Å². The van der Waals surface area contributed by atoms with Crippen LogP contribution in [0, 0.1) is 0 Å². The first-order chi connectivity index (χ1) is 11.6. The van der Waals surface area contributed by atoms with Gasteiger partial charge in [-0.15, -0.1) is 0 Å². The lowest BCUT2D eigenvalue weighted by Gasteiger charge is -2.43. The first-order valence-corrected chi connectivity index (χ1v) is 9.95. The summed E-state index contributed by atoms with van der Waals surface area (Å²) in [5.74, 6) is -0.678. The summed E-state index contributed by atoms with van der Waals surface area (Å²) in [6.07, 6.45) is -0.0835. The second kappa shape index (κ2) is 5.18. The van der Waals surface area contributed by atoms with Crippen molar-refractivity contribution < 1.29 is 9.90 Å². The van der Waals surface area contributed by atoms with E-state index in [1.54, 1.807) is 0 Å². The van der Waals surface area contributed by atoms with E-state index in [0.717, 1.165) is 0 Å². The molecule has 4 aliphatic heterocycles. The summed E-state index contributed by atoms with van der Waals surface area (Å²) >= 11 is 0. The van der Waals surface area contributed by atoms with E-state index >= 15 is 0 Å². The van der Waals surface area contributed by atoms with E-state index in [1.165, 1.54) is 0 Å². The van der Waals surface area contributed by atoms with Crippen LogP contribution in [0.4, 0.5) is 0 Å². The van der Waals surface area contributed by atoms with Crippen molar-refractivity contribution >= 4 is 5.97 Å². The molecule has 4 heterocycles. The van der Waals surface area contributed by atoms with Crippen molar-refractivity contribution in [3.63, 3.8) is 0 Å². The molecule has 6 nitrogen and oxygen atoms in total. The number of hydrogen-bond donors (Lipinski definition) is 1. The predicted octanol–water partition coefficient (Wildman–Crippen LogP) is 1.46. The van der Waals surface area contributed by atoms with Crippen LogP contribution in [0.15, 0.2) is 0 Å². The molecule has 6 heteroatoms. The van der Waals surface area contributed by atoms with Crippen molar-refractivity contribution in [2.24, 2.45) is 0 Å². The van der Waals surface area contributed by atoms with Crippen molar-refractivity contribution in [1.82, 2.24) is 19.6 Å². The van der Waals surface area contributed by atoms with Gasteiger partial charge in [-0.25, -0.2) is 4.79 Å². The molecular formula is C19H34N4O2. The molecule has 1 N–H and O–H groups in total. The van der Waals surface area contributed by atoms with Crippen molar-refractivity contribution in [2.45, 2.75) is 116 Å². The van der Waals surface area contributed by atoms with Gasteiger partial charge in [0.25, 0.3) is 0 Å². The number of carboxylic acids is 1. The third kappa shape index (κ3) is 2.08. The van der Waals surface area contributed by atoms with Gasteiger partial charge in [0, 0.05) is 48.3 Å². The number of aliphatic carboxylic acids is 1. The maximum atomic E-state index is 13.0. The molecule has 4 aliphatic rings. The molecule has 0 aromatic carbocycles. The molecule has 4 fully saturated rings. The molecule has 25 heavy (non-hydrogen) atoms. The summed E-state index contributed by atoms with van der Waals surface area (Å²) in [6, 6.07) is 3.04. The summed E-state index contributed by atoms with van der Waals surface area (Å²) in [6.45, 7) is 17.6. The zero-order valence-electron chi connectivity index (χ0n) is 16.8. The Bertz CT molecular complexity index is 526. The predicted molar refractivity (Wildman–Crippen MR) is 97.2 cm³/mol. The van der Waals surface area contributed by atoms with Crippen molar-refractivity contribution in [1.29, 1.82) is 0 Å². The number of rotatable bonds is 6. The SMILES string of the molecule is CC1C(C)N1C(N1C(C)C1C)C(C(=O)O)(N1C(C)C1C)N1C(C)C1C. The quantitative estimate of drug-likeness (QED) is 0.732. The van der Waals surface area contributed by atoms with Crippen LogP contribution in [0.2, 0.25) is 0 Å². The molecule has 8 unspecified atom stereocenters. The van der Waals surface area contributed by atoms with Gasteiger partial charge in [-0.2, -0.15) is 0 Å². The number of hydrogen-bond acceptors (Lipinski definition) is 5. The summed E-state index contributed by atoms with van der Waals surface area (Å²) in [5.41, 5.74) is -0.949. The highest BCUT2D eigenvalue weighted by atomic mass is 16.4. The van der Waals surface area contributed by atoms with Crippen LogP contribution in [-0.2, 0) is 4.79 Å². The fraction of sp³-hybridized carbons (Fsp3) is 0.947. The molecule has 0 aromatic rings. The average Bonchev–Trinajstić information content (AvgIpc) is 3.51. The smallest absolute Gasteiger partial charge is 0.342 e. The van der Waals surface area contributed by atoms with Crippen LogP contribution in [0.1, 0.15) is 55.4 Å². The molecule has 4 rings (SSSR count). The van der Waals surface area contributed by atoms with Gasteiger partial charge in [0.2, 0.25) is 5.66 Å². The first-order valence-electron chi connectivity index (χ1n) is 9.95. The molecule has 142 valence electrons. The molecule has 0 amide bonds. The van der Waals surface area contributed by atoms with Gasteiger partial charge in [0.15, 0.2) is 0 Å². The fourth-order valence-electron chi connectivity index (χ4n) is 5.50. The Morgan fingerprint density at radius 3 is 1.12 bits per heavy atom. The highest BCUT2D eigenvalue weighted by Gasteiger charge is 2.76. The minimum atomic E-state index is -0.949. The number of nitrogens with zero attached hydrogens (tertiary/aromatic N) is 4. The van der Waals surface area contributed by atoms with E-state index in [-0.39, 0.29) is 6.17 Å². The highest BCUT2D eigenvalue weighted by molar-refractivity contribution is 5.81. The van der Waals surface area contributed by atoms with E-state index in [4.69, 9.17) is 0 Å². The van der Waals surface area contributed by atoms with Gasteiger partial charge in [-0.05, 0) is 55.4 Å². The lowest BCUT2D eigenvalue weighted by Crippen LogP contribution is -2.68.